The van der Waals surface area contributed by atoms with Crippen molar-refractivity contribution in [1.82, 2.24) is 0 Å². The minimum absolute atomic E-state index is 0.184. The summed E-state index contributed by atoms with van der Waals surface area (Å²) in [6.45, 7) is 1.69. The van der Waals surface area contributed by atoms with Gasteiger partial charge in [0.05, 0.1) is 6.61 Å². The third-order valence-electron chi connectivity index (χ3n) is 3.33. The first kappa shape index (κ1) is 13.4. The van der Waals surface area contributed by atoms with Crippen molar-refractivity contribution < 1.29 is 14.3 Å². The van der Waals surface area contributed by atoms with Crippen molar-refractivity contribution >= 4 is 35.0 Å². The van der Waals surface area contributed by atoms with Crippen LogP contribution in [0.3, 0.4) is 0 Å². The third kappa shape index (κ3) is 2.25. The number of hydrogen-bond acceptors (Lipinski definition) is 3. The van der Waals surface area contributed by atoms with E-state index in [1.54, 1.807) is 18.2 Å². The SMILES string of the molecule is CC(=O)C1(Cc2ccc(Cl)cc2Cl)CCOC1=O. The third-order valence-corrected chi connectivity index (χ3v) is 3.92. The highest BCUT2D eigenvalue weighted by Crippen LogP contribution is 2.37. The van der Waals surface area contributed by atoms with Crippen molar-refractivity contribution in [1.29, 1.82) is 0 Å². The van der Waals surface area contributed by atoms with Gasteiger partial charge in [0.1, 0.15) is 11.2 Å². The average Bonchev–Trinajstić information content (AvgIpc) is 2.65. The van der Waals surface area contributed by atoms with Crippen LogP contribution in [0.5, 0.6) is 0 Å². The number of cyclic esters (lactones) is 1. The normalized spacial score (nSPS) is 22.9. The molecule has 2 rings (SSSR count). The lowest BCUT2D eigenvalue weighted by Gasteiger charge is -2.21. The number of rotatable bonds is 3. The molecule has 1 saturated heterocycles. The average molecular weight is 287 g/mol. The second-order valence-corrected chi connectivity index (χ2v) is 5.28. The summed E-state index contributed by atoms with van der Waals surface area (Å²) in [7, 11) is 0. The molecule has 0 spiro atoms. The van der Waals surface area contributed by atoms with Gasteiger partial charge in [0.2, 0.25) is 0 Å². The molecule has 96 valence electrons. The summed E-state index contributed by atoms with van der Waals surface area (Å²) in [5.41, 5.74) is -0.354. The van der Waals surface area contributed by atoms with Crippen LogP contribution in [0.2, 0.25) is 10.0 Å². The van der Waals surface area contributed by atoms with Gasteiger partial charge in [-0.25, -0.2) is 0 Å². The van der Waals surface area contributed by atoms with E-state index in [1.165, 1.54) is 6.92 Å². The van der Waals surface area contributed by atoms with E-state index in [0.29, 0.717) is 16.5 Å². The van der Waals surface area contributed by atoms with E-state index in [2.05, 4.69) is 0 Å². The molecule has 1 atom stereocenters. The predicted octanol–water partition coefficient (Wildman–Crippen LogP) is 3.06. The van der Waals surface area contributed by atoms with Gasteiger partial charge >= 0.3 is 5.97 Å². The quantitative estimate of drug-likeness (QED) is 0.634. The molecule has 0 aliphatic carbocycles. The van der Waals surface area contributed by atoms with Gasteiger partial charge in [-0.2, -0.15) is 0 Å². The van der Waals surface area contributed by atoms with Crippen molar-refractivity contribution in [2.75, 3.05) is 6.61 Å². The summed E-state index contributed by atoms with van der Waals surface area (Å²) in [6.07, 6.45) is 0.664. The van der Waals surface area contributed by atoms with Gasteiger partial charge in [0.25, 0.3) is 0 Å². The highest BCUT2D eigenvalue weighted by Gasteiger charge is 2.48. The Balaban J connectivity index is 2.36. The summed E-state index contributed by atoms with van der Waals surface area (Å²) in [5.74, 6) is -0.642. The van der Waals surface area contributed by atoms with Gasteiger partial charge in [0, 0.05) is 16.5 Å². The van der Waals surface area contributed by atoms with E-state index in [-0.39, 0.29) is 18.8 Å². The first-order chi connectivity index (χ1) is 8.45. The number of ether oxygens (including phenoxy) is 1. The summed E-state index contributed by atoms with van der Waals surface area (Å²) in [6, 6.07) is 5.03. The molecular weight excluding hydrogens is 275 g/mol. The molecule has 0 aromatic heterocycles. The van der Waals surface area contributed by atoms with Crippen LogP contribution >= 0.6 is 23.2 Å². The standard InChI is InChI=1S/C13H12Cl2O3/c1-8(16)13(4-5-18-12(13)17)7-9-2-3-10(14)6-11(9)15/h2-3,6H,4-5,7H2,1H3. The maximum atomic E-state index is 11.8. The van der Waals surface area contributed by atoms with Gasteiger partial charge < -0.3 is 4.74 Å². The Morgan fingerprint density at radius 3 is 2.67 bits per heavy atom. The Bertz CT molecular complexity index is 513. The van der Waals surface area contributed by atoms with Crippen LogP contribution in [0.1, 0.15) is 18.9 Å². The largest absolute Gasteiger partial charge is 0.465 e. The van der Waals surface area contributed by atoms with Crippen LogP contribution in [-0.4, -0.2) is 18.4 Å². The monoisotopic (exact) mass is 286 g/mol. The maximum absolute atomic E-state index is 11.8. The van der Waals surface area contributed by atoms with Gasteiger partial charge in [-0.3, -0.25) is 9.59 Å². The maximum Gasteiger partial charge on any atom is 0.320 e. The first-order valence-electron chi connectivity index (χ1n) is 5.58. The van der Waals surface area contributed by atoms with Crippen LogP contribution in [0.15, 0.2) is 18.2 Å². The molecule has 1 aliphatic heterocycles. The summed E-state index contributed by atoms with van der Waals surface area (Å²) in [5, 5.41) is 0.984. The van der Waals surface area contributed by atoms with Crippen LogP contribution in [0, 0.1) is 5.41 Å². The molecule has 1 fully saturated rings. The Kier molecular flexibility index (Phi) is 3.64. The number of halogens is 2. The van der Waals surface area contributed by atoms with Crippen LogP contribution < -0.4 is 0 Å². The van der Waals surface area contributed by atoms with E-state index in [1.807, 2.05) is 0 Å². The zero-order chi connectivity index (χ0) is 13.3. The summed E-state index contributed by atoms with van der Waals surface area (Å²) >= 11 is 11.9. The van der Waals surface area contributed by atoms with Crippen molar-refractivity contribution in [3.63, 3.8) is 0 Å². The summed E-state index contributed by atoms with van der Waals surface area (Å²) in [4.78, 5) is 23.6. The zero-order valence-corrected chi connectivity index (χ0v) is 11.3. The smallest absolute Gasteiger partial charge is 0.320 e. The molecule has 0 amide bonds. The Morgan fingerprint density at radius 2 is 2.17 bits per heavy atom. The fourth-order valence-electron chi connectivity index (χ4n) is 2.15. The Morgan fingerprint density at radius 1 is 1.44 bits per heavy atom. The molecule has 0 radical (unpaired) electrons. The molecule has 0 bridgehead atoms. The fraction of sp³-hybridized carbons (Fsp3) is 0.385. The summed E-state index contributed by atoms with van der Waals surface area (Å²) < 4.78 is 4.94. The number of carbonyl (C=O) groups is 2. The molecule has 0 N–H and O–H groups in total. The second kappa shape index (κ2) is 4.90. The molecule has 1 aromatic carbocycles. The van der Waals surface area contributed by atoms with Gasteiger partial charge in [0.15, 0.2) is 0 Å². The molecule has 1 aliphatic rings. The van der Waals surface area contributed by atoms with Crippen LogP contribution in [0.4, 0.5) is 0 Å². The van der Waals surface area contributed by atoms with Crippen molar-refractivity contribution in [2.45, 2.75) is 19.8 Å². The van der Waals surface area contributed by atoms with Gasteiger partial charge in [-0.1, -0.05) is 29.3 Å². The number of benzene rings is 1. The van der Waals surface area contributed by atoms with Crippen molar-refractivity contribution in [2.24, 2.45) is 5.41 Å². The molecule has 1 heterocycles. The minimum Gasteiger partial charge on any atom is -0.465 e. The number of esters is 1. The first-order valence-corrected chi connectivity index (χ1v) is 6.33. The minimum atomic E-state index is -1.09. The van der Waals surface area contributed by atoms with Crippen molar-refractivity contribution in [3.8, 4) is 0 Å². The van der Waals surface area contributed by atoms with Crippen LogP contribution in [-0.2, 0) is 20.7 Å². The molecule has 0 saturated carbocycles. The number of carbonyl (C=O) groups excluding carboxylic acids is 2. The molecule has 18 heavy (non-hydrogen) atoms. The topological polar surface area (TPSA) is 43.4 Å². The molecular formula is C13H12Cl2O3. The lowest BCUT2D eigenvalue weighted by atomic mass is 9.77. The Hall–Kier alpha value is -1.06. The zero-order valence-electron chi connectivity index (χ0n) is 9.83. The lowest BCUT2D eigenvalue weighted by molar-refractivity contribution is -0.150. The lowest BCUT2D eigenvalue weighted by Crippen LogP contribution is -2.36. The van der Waals surface area contributed by atoms with E-state index in [0.717, 1.165) is 5.56 Å². The highest BCUT2D eigenvalue weighted by atomic mass is 35.5. The van der Waals surface area contributed by atoms with Gasteiger partial charge in [-0.15, -0.1) is 0 Å². The van der Waals surface area contributed by atoms with Crippen molar-refractivity contribution in [3.05, 3.63) is 33.8 Å². The predicted molar refractivity (Wildman–Crippen MR) is 68.9 cm³/mol. The number of ketones is 1. The fourth-order valence-corrected chi connectivity index (χ4v) is 2.63. The number of Topliss-reactive ketones (excluding diaryl/α,β-unsaturated/α-hetero) is 1. The molecule has 1 unspecified atom stereocenters. The number of hydrogen-bond donors (Lipinski definition) is 0. The molecule has 5 heteroatoms. The van der Waals surface area contributed by atoms with Crippen LogP contribution in [0.25, 0.3) is 0 Å². The Labute approximate surface area is 115 Å². The molecule has 1 aromatic rings. The van der Waals surface area contributed by atoms with E-state index >= 15 is 0 Å². The van der Waals surface area contributed by atoms with E-state index < -0.39 is 11.4 Å². The van der Waals surface area contributed by atoms with E-state index in [4.69, 9.17) is 27.9 Å². The highest BCUT2D eigenvalue weighted by molar-refractivity contribution is 6.35. The molecule has 3 nitrogen and oxygen atoms in total. The van der Waals surface area contributed by atoms with Gasteiger partial charge in [-0.05, 0) is 31.0 Å². The second-order valence-electron chi connectivity index (χ2n) is 4.44. The van der Waals surface area contributed by atoms with E-state index in [9.17, 15) is 9.59 Å².